The van der Waals surface area contributed by atoms with Crippen LogP contribution in [-0.2, 0) is 7.05 Å². The lowest BCUT2D eigenvalue weighted by molar-refractivity contribution is 0.0938. The van der Waals surface area contributed by atoms with Crippen LogP contribution < -0.4 is 10.1 Å². The van der Waals surface area contributed by atoms with Crippen molar-refractivity contribution < 1.29 is 9.53 Å². The van der Waals surface area contributed by atoms with Crippen LogP contribution in [0.1, 0.15) is 34.5 Å². The number of nitrogens with one attached hydrogen (secondary N) is 1. The quantitative estimate of drug-likeness (QED) is 0.360. The van der Waals surface area contributed by atoms with Crippen molar-refractivity contribution in [2.45, 2.75) is 19.9 Å². The van der Waals surface area contributed by atoms with E-state index in [0.717, 1.165) is 40.1 Å². The number of benzene rings is 2. The van der Waals surface area contributed by atoms with Gasteiger partial charge in [-0.3, -0.25) is 9.48 Å². The van der Waals surface area contributed by atoms with Crippen LogP contribution in [0.15, 0.2) is 59.7 Å². The average molecular weight is 490 g/mol. The second-order valence-electron chi connectivity index (χ2n) is 8.94. The van der Waals surface area contributed by atoms with Gasteiger partial charge in [-0.15, -0.1) is 11.3 Å². The van der Waals surface area contributed by atoms with Gasteiger partial charge < -0.3 is 15.0 Å². The van der Waals surface area contributed by atoms with Gasteiger partial charge >= 0.3 is 0 Å². The number of hydrogen-bond acceptors (Lipinski definition) is 6. The van der Waals surface area contributed by atoms with E-state index in [1.54, 1.807) is 16.0 Å². The van der Waals surface area contributed by atoms with Crippen molar-refractivity contribution in [1.82, 2.24) is 25.0 Å². The largest absolute Gasteiger partial charge is 0.492 e. The van der Waals surface area contributed by atoms with Crippen LogP contribution >= 0.6 is 11.3 Å². The van der Waals surface area contributed by atoms with Gasteiger partial charge in [0.2, 0.25) is 0 Å². The molecule has 1 N–H and O–H groups in total. The number of ether oxygens (including phenoxy) is 1. The fourth-order valence-electron chi connectivity index (χ4n) is 3.78. The van der Waals surface area contributed by atoms with E-state index >= 15 is 0 Å². The zero-order valence-corrected chi connectivity index (χ0v) is 21.6. The Morgan fingerprint density at radius 3 is 2.66 bits per heavy atom. The lowest BCUT2D eigenvalue weighted by Crippen LogP contribution is -2.27. The van der Waals surface area contributed by atoms with Crippen LogP contribution in [0.25, 0.3) is 22.4 Å². The Hall–Kier alpha value is -3.49. The smallest absolute Gasteiger partial charge is 0.252 e. The number of thiazole rings is 1. The van der Waals surface area contributed by atoms with Gasteiger partial charge in [-0.05, 0) is 75.0 Å². The second-order valence-corrected chi connectivity index (χ2v) is 9.66. The summed E-state index contributed by atoms with van der Waals surface area (Å²) in [6.45, 7) is 5.31. The molecular weight excluding hydrogens is 458 g/mol. The van der Waals surface area contributed by atoms with Gasteiger partial charge in [0, 0.05) is 41.9 Å². The highest BCUT2D eigenvalue weighted by molar-refractivity contribution is 7.07. The first kappa shape index (κ1) is 24.6. The Morgan fingerprint density at radius 2 is 1.97 bits per heavy atom. The summed E-state index contributed by atoms with van der Waals surface area (Å²) in [5.41, 5.74) is 8.32. The topological polar surface area (TPSA) is 72.3 Å². The zero-order valence-electron chi connectivity index (χ0n) is 20.8. The molecule has 1 amide bonds. The van der Waals surface area contributed by atoms with Gasteiger partial charge in [0.05, 0.1) is 23.4 Å². The van der Waals surface area contributed by atoms with Crippen LogP contribution in [0.5, 0.6) is 5.75 Å². The number of rotatable bonds is 9. The fourth-order valence-corrected chi connectivity index (χ4v) is 4.34. The normalized spacial score (nSPS) is 12.1. The molecule has 0 aliphatic rings. The summed E-state index contributed by atoms with van der Waals surface area (Å²) in [4.78, 5) is 19.8. The molecule has 4 aromatic rings. The van der Waals surface area contributed by atoms with Crippen molar-refractivity contribution in [2.24, 2.45) is 7.05 Å². The van der Waals surface area contributed by atoms with Gasteiger partial charge in [-0.25, -0.2) is 4.98 Å². The zero-order chi connectivity index (χ0) is 24.9. The van der Waals surface area contributed by atoms with Crippen LogP contribution in [0.3, 0.4) is 0 Å². The molecule has 7 nitrogen and oxygen atoms in total. The third-order valence-corrected chi connectivity index (χ3v) is 6.42. The number of carbonyl (C=O) groups excluding carboxylic acids is 1. The first-order valence-electron chi connectivity index (χ1n) is 11.5. The summed E-state index contributed by atoms with van der Waals surface area (Å²) >= 11 is 1.56. The molecule has 0 saturated carbocycles. The van der Waals surface area contributed by atoms with Crippen molar-refractivity contribution in [3.05, 3.63) is 76.4 Å². The summed E-state index contributed by atoms with van der Waals surface area (Å²) in [6, 6.07) is 11.7. The Balaban J connectivity index is 1.58. The van der Waals surface area contributed by atoms with E-state index in [-0.39, 0.29) is 11.9 Å². The predicted molar refractivity (Wildman–Crippen MR) is 141 cm³/mol. The molecule has 0 unspecified atom stereocenters. The predicted octanol–water partition coefficient (Wildman–Crippen LogP) is 4.95. The maximum atomic E-state index is 13.3. The van der Waals surface area contributed by atoms with Gasteiger partial charge in [0.1, 0.15) is 12.4 Å². The van der Waals surface area contributed by atoms with Gasteiger partial charge in [0.25, 0.3) is 5.91 Å². The highest BCUT2D eigenvalue weighted by Crippen LogP contribution is 2.30. The SMILES string of the molecule is Cc1ccc(OCCN(C)C)cc1C(=O)N[C@H](C)c1cc(-c2cnn(C)c2)cc(-c2cscn2)c1. The van der Waals surface area contributed by atoms with Crippen molar-refractivity contribution in [3.63, 3.8) is 0 Å². The molecule has 35 heavy (non-hydrogen) atoms. The molecule has 8 heteroatoms. The molecule has 0 spiro atoms. The van der Waals surface area contributed by atoms with Crippen LogP contribution in [0.2, 0.25) is 0 Å². The van der Waals surface area contributed by atoms with Gasteiger partial charge in [-0.1, -0.05) is 6.07 Å². The summed E-state index contributed by atoms with van der Waals surface area (Å²) in [5.74, 6) is 0.565. The Morgan fingerprint density at radius 1 is 1.17 bits per heavy atom. The molecule has 0 radical (unpaired) electrons. The molecule has 0 aliphatic carbocycles. The van der Waals surface area contributed by atoms with Gasteiger partial charge in [0.15, 0.2) is 0 Å². The van der Waals surface area contributed by atoms with Crippen molar-refractivity contribution in [3.8, 4) is 28.1 Å². The minimum Gasteiger partial charge on any atom is -0.492 e. The molecule has 0 aliphatic heterocycles. The Bertz CT molecular complexity index is 1300. The van der Waals surface area contributed by atoms with Crippen molar-refractivity contribution >= 4 is 17.2 Å². The van der Waals surface area contributed by atoms with E-state index in [4.69, 9.17) is 4.74 Å². The van der Waals surface area contributed by atoms with E-state index in [2.05, 4.69) is 38.5 Å². The van der Waals surface area contributed by atoms with E-state index in [1.807, 2.05) is 76.5 Å². The van der Waals surface area contributed by atoms with E-state index in [9.17, 15) is 4.79 Å². The molecular formula is C27H31N5O2S. The molecule has 2 aromatic carbocycles. The van der Waals surface area contributed by atoms with Crippen LogP contribution in [0.4, 0.5) is 0 Å². The van der Waals surface area contributed by atoms with Gasteiger partial charge in [-0.2, -0.15) is 5.10 Å². The number of amides is 1. The van der Waals surface area contributed by atoms with E-state index in [1.165, 1.54) is 0 Å². The fraction of sp³-hybridized carbons (Fsp3) is 0.296. The first-order valence-corrected chi connectivity index (χ1v) is 12.5. The lowest BCUT2D eigenvalue weighted by Gasteiger charge is -2.18. The molecule has 0 bridgehead atoms. The number of aromatic nitrogens is 3. The monoisotopic (exact) mass is 489 g/mol. The standard InChI is InChI=1S/C27H31N5O2S/c1-18-6-7-24(34-9-8-31(3)4)13-25(18)27(33)30-19(2)20-10-21(23-14-29-32(5)15-23)12-22(11-20)26-16-35-17-28-26/h6-7,10-17,19H,8-9H2,1-5H3,(H,30,33)/t19-/m1/s1. The van der Waals surface area contributed by atoms with E-state index < -0.39 is 0 Å². The minimum absolute atomic E-state index is 0.130. The minimum atomic E-state index is -0.214. The number of carbonyl (C=O) groups is 1. The second kappa shape index (κ2) is 10.8. The van der Waals surface area contributed by atoms with Crippen LogP contribution in [0, 0.1) is 6.92 Å². The number of likely N-dealkylation sites (N-methyl/N-ethyl adjacent to an activating group) is 1. The summed E-state index contributed by atoms with van der Waals surface area (Å²) in [5, 5.41) is 9.51. The molecule has 4 rings (SSSR count). The number of nitrogens with zero attached hydrogens (tertiary/aromatic N) is 4. The third kappa shape index (κ3) is 6.15. The van der Waals surface area contributed by atoms with Crippen LogP contribution in [-0.4, -0.2) is 52.8 Å². The number of aryl methyl sites for hydroxylation is 2. The molecule has 0 fully saturated rings. The molecule has 182 valence electrons. The lowest BCUT2D eigenvalue weighted by atomic mass is 9.97. The molecule has 0 saturated heterocycles. The Labute approximate surface area is 210 Å². The molecule has 1 atom stereocenters. The molecule has 2 aromatic heterocycles. The highest BCUT2D eigenvalue weighted by Gasteiger charge is 2.17. The van der Waals surface area contributed by atoms with E-state index in [0.29, 0.717) is 17.9 Å². The average Bonchev–Trinajstić information content (AvgIpc) is 3.52. The maximum Gasteiger partial charge on any atom is 0.252 e. The molecule has 2 heterocycles. The Kier molecular flexibility index (Phi) is 7.63. The summed E-state index contributed by atoms with van der Waals surface area (Å²) in [6.07, 6.45) is 3.83. The summed E-state index contributed by atoms with van der Waals surface area (Å²) < 4.78 is 7.62. The third-order valence-electron chi connectivity index (χ3n) is 5.83. The first-order chi connectivity index (χ1) is 16.8. The maximum absolute atomic E-state index is 13.3. The highest BCUT2D eigenvalue weighted by atomic mass is 32.1. The van der Waals surface area contributed by atoms with Crippen molar-refractivity contribution in [2.75, 3.05) is 27.2 Å². The van der Waals surface area contributed by atoms with Crippen molar-refractivity contribution in [1.29, 1.82) is 0 Å². The summed E-state index contributed by atoms with van der Waals surface area (Å²) in [7, 11) is 5.90. The number of hydrogen-bond donors (Lipinski definition) is 1.